The van der Waals surface area contributed by atoms with Gasteiger partial charge < -0.3 is 0 Å². The first-order chi connectivity index (χ1) is 11.1. The predicted octanol–water partition coefficient (Wildman–Crippen LogP) is 3.62. The highest BCUT2D eigenvalue weighted by atomic mass is 35.5. The molecule has 0 atom stereocenters. The Morgan fingerprint density at radius 2 is 2.13 bits per heavy atom. The van der Waals surface area contributed by atoms with Gasteiger partial charge in [-0.25, -0.2) is 0 Å². The van der Waals surface area contributed by atoms with Crippen LogP contribution >= 0.6 is 23.4 Å². The summed E-state index contributed by atoms with van der Waals surface area (Å²) in [6.45, 7) is 4.10. The van der Waals surface area contributed by atoms with Gasteiger partial charge in [-0.15, -0.1) is 10.2 Å². The molecule has 0 radical (unpaired) electrons. The maximum Gasteiger partial charge on any atom is 0.252 e. The number of hydrogen-bond donors (Lipinski definition) is 1. The number of H-pyrrole nitrogens is 1. The zero-order chi connectivity index (χ0) is 16.4. The minimum absolute atomic E-state index is 0.147. The van der Waals surface area contributed by atoms with Crippen LogP contribution in [0.3, 0.4) is 0 Å². The van der Waals surface area contributed by atoms with Crippen molar-refractivity contribution in [3.05, 3.63) is 56.5 Å². The van der Waals surface area contributed by atoms with Gasteiger partial charge >= 0.3 is 0 Å². The number of fused-ring (bicyclic) bond motifs is 1. The Balaban J connectivity index is 1.92. The first kappa shape index (κ1) is 16.1. The first-order valence-corrected chi connectivity index (χ1v) is 8.80. The normalized spacial score (nSPS) is 11.3. The SMILES string of the molecule is CCCc1cc(=O)[nH]c2nnc(SCc3ccc(C)cc3Cl)n12. The van der Waals surface area contributed by atoms with Crippen LogP contribution in [0, 0.1) is 6.92 Å². The molecule has 0 aliphatic rings. The van der Waals surface area contributed by atoms with E-state index in [0.717, 1.165) is 39.8 Å². The summed E-state index contributed by atoms with van der Waals surface area (Å²) >= 11 is 7.84. The van der Waals surface area contributed by atoms with Gasteiger partial charge in [0.1, 0.15) is 0 Å². The fourth-order valence-electron chi connectivity index (χ4n) is 2.42. The molecule has 0 aliphatic carbocycles. The van der Waals surface area contributed by atoms with Gasteiger partial charge in [-0.2, -0.15) is 0 Å². The fraction of sp³-hybridized carbons (Fsp3) is 0.312. The van der Waals surface area contributed by atoms with E-state index < -0.39 is 0 Å². The summed E-state index contributed by atoms with van der Waals surface area (Å²) < 4.78 is 1.91. The van der Waals surface area contributed by atoms with Gasteiger partial charge in [0.05, 0.1) is 0 Å². The average molecular weight is 349 g/mol. The number of aromatic nitrogens is 4. The summed E-state index contributed by atoms with van der Waals surface area (Å²) in [6, 6.07) is 7.65. The molecule has 0 fully saturated rings. The Hall–Kier alpha value is -1.79. The number of nitrogens with zero attached hydrogens (tertiary/aromatic N) is 3. The molecule has 2 heterocycles. The molecule has 0 amide bonds. The molecule has 0 bridgehead atoms. The summed E-state index contributed by atoms with van der Waals surface area (Å²) in [4.78, 5) is 14.4. The summed E-state index contributed by atoms with van der Waals surface area (Å²) in [5.41, 5.74) is 2.97. The second-order valence-corrected chi connectivity index (χ2v) is 6.75. The van der Waals surface area contributed by atoms with Crippen molar-refractivity contribution < 1.29 is 0 Å². The zero-order valence-corrected chi connectivity index (χ0v) is 14.5. The van der Waals surface area contributed by atoms with Crippen molar-refractivity contribution in [2.24, 2.45) is 0 Å². The van der Waals surface area contributed by atoms with Crippen molar-refractivity contribution in [3.63, 3.8) is 0 Å². The number of nitrogens with one attached hydrogen (secondary N) is 1. The molecular formula is C16H17ClN4OS. The highest BCUT2D eigenvalue weighted by molar-refractivity contribution is 7.98. The summed E-state index contributed by atoms with van der Waals surface area (Å²) in [5.74, 6) is 1.18. The maximum absolute atomic E-state index is 11.7. The van der Waals surface area contributed by atoms with Crippen molar-refractivity contribution in [1.29, 1.82) is 0 Å². The van der Waals surface area contributed by atoms with Crippen LogP contribution in [-0.4, -0.2) is 19.6 Å². The van der Waals surface area contributed by atoms with E-state index in [2.05, 4.69) is 22.1 Å². The molecule has 0 saturated carbocycles. The predicted molar refractivity (Wildman–Crippen MR) is 93.4 cm³/mol. The maximum atomic E-state index is 11.7. The van der Waals surface area contributed by atoms with E-state index in [1.165, 1.54) is 0 Å². The van der Waals surface area contributed by atoms with Crippen molar-refractivity contribution >= 4 is 29.1 Å². The smallest absolute Gasteiger partial charge is 0.252 e. The topological polar surface area (TPSA) is 63.0 Å². The number of aromatic amines is 1. The Bertz CT molecular complexity index is 903. The molecule has 0 aliphatic heterocycles. The van der Waals surface area contributed by atoms with E-state index >= 15 is 0 Å². The number of aryl methyl sites for hydroxylation is 2. The highest BCUT2D eigenvalue weighted by Gasteiger charge is 2.12. The van der Waals surface area contributed by atoms with E-state index in [1.54, 1.807) is 17.8 Å². The molecule has 3 rings (SSSR count). The van der Waals surface area contributed by atoms with Crippen molar-refractivity contribution in [3.8, 4) is 0 Å². The van der Waals surface area contributed by atoms with Gasteiger partial charge in [0, 0.05) is 22.5 Å². The lowest BCUT2D eigenvalue weighted by Gasteiger charge is -2.07. The number of halogens is 1. The minimum Gasteiger partial charge on any atom is -0.291 e. The Morgan fingerprint density at radius 3 is 2.87 bits per heavy atom. The van der Waals surface area contributed by atoms with Crippen LogP contribution in [0.2, 0.25) is 5.02 Å². The third kappa shape index (κ3) is 3.43. The van der Waals surface area contributed by atoms with Gasteiger partial charge in [-0.05, 0) is 30.5 Å². The van der Waals surface area contributed by atoms with Crippen molar-refractivity contribution in [2.45, 2.75) is 37.6 Å². The summed E-state index contributed by atoms with van der Waals surface area (Å²) in [5, 5.41) is 9.80. The highest BCUT2D eigenvalue weighted by Crippen LogP contribution is 2.27. The molecule has 120 valence electrons. The van der Waals surface area contributed by atoms with Gasteiger partial charge in [0.25, 0.3) is 5.56 Å². The molecule has 1 N–H and O–H groups in total. The quantitative estimate of drug-likeness (QED) is 0.715. The molecule has 5 nitrogen and oxygen atoms in total. The second-order valence-electron chi connectivity index (χ2n) is 5.40. The summed E-state index contributed by atoms with van der Waals surface area (Å²) in [6.07, 6.45) is 1.75. The van der Waals surface area contributed by atoms with E-state index in [4.69, 9.17) is 11.6 Å². The van der Waals surface area contributed by atoms with E-state index in [9.17, 15) is 4.79 Å². The monoisotopic (exact) mass is 348 g/mol. The van der Waals surface area contributed by atoms with Gasteiger partial charge in [-0.3, -0.25) is 14.2 Å². The van der Waals surface area contributed by atoms with Crippen LogP contribution in [0.4, 0.5) is 0 Å². The van der Waals surface area contributed by atoms with Crippen LogP contribution in [0.15, 0.2) is 34.2 Å². The Morgan fingerprint density at radius 1 is 1.30 bits per heavy atom. The number of rotatable bonds is 5. The summed E-state index contributed by atoms with van der Waals surface area (Å²) in [7, 11) is 0. The van der Waals surface area contributed by atoms with E-state index in [1.807, 2.05) is 29.5 Å². The number of benzene rings is 1. The molecule has 23 heavy (non-hydrogen) atoms. The molecule has 7 heteroatoms. The third-order valence-electron chi connectivity index (χ3n) is 3.52. The van der Waals surface area contributed by atoms with Gasteiger partial charge in [0.15, 0.2) is 5.16 Å². The molecule has 0 spiro atoms. The average Bonchev–Trinajstić information content (AvgIpc) is 2.89. The zero-order valence-electron chi connectivity index (χ0n) is 13.0. The molecule has 3 aromatic rings. The molecular weight excluding hydrogens is 332 g/mol. The van der Waals surface area contributed by atoms with Crippen LogP contribution in [0.5, 0.6) is 0 Å². The minimum atomic E-state index is -0.147. The molecule has 0 saturated heterocycles. The largest absolute Gasteiger partial charge is 0.291 e. The van der Waals surface area contributed by atoms with Gasteiger partial charge in [-0.1, -0.05) is 48.8 Å². The second kappa shape index (κ2) is 6.76. The number of hydrogen-bond acceptors (Lipinski definition) is 4. The number of thioether (sulfide) groups is 1. The molecule has 1 aromatic carbocycles. The lowest BCUT2D eigenvalue weighted by atomic mass is 10.2. The third-order valence-corrected chi connectivity index (χ3v) is 4.85. The van der Waals surface area contributed by atoms with Crippen LogP contribution in [-0.2, 0) is 12.2 Å². The lowest BCUT2D eigenvalue weighted by Crippen LogP contribution is -2.11. The molecule has 2 aromatic heterocycles. The van der Waals surface area contributed by atoms with Crippen molar-refractivity contribution in [1.82, 2.24) is 19.6 Å². The first-order valence-electron chi connectivity index (χ1n) is 7.43. The van der Waals surface area contributed by atoms with E-state index in [0.29, 0.717) is 11.5 Å². The standard InChI is InChI=1S/C16H17ClN4OS/c1-3-4-12-8-14(22)18-15-19-20-16(21(12)15)23-9-11-6-5-10(2)7-13(11)17/h5-8H,3-4,9H2,1-2H3,(H,18,19,22). The van der Waals surface area contributed by atoms with Crippen LogP contribution < -0.4 is 5.56 Å². The van der Waals surface area contributed by atoms with Crippen LogP contribution in [0.25, 0.3) is 5.78 Å². The Labute approximate surface area is 143 Å². The van der Waals surface area contributed by atoms with Crippen LogP contribution in [0.1, 0.15) is 30.2 Å². The fourth-order valence-corrected chi connectivity index (χ4v) is 3.77. The Kier molecular flexibility index (Phi) is 4.73. The van der Waals surface area contributed by atoms with Gasteiger partial charge in [0.2, 0.25) is 5.78 Å². The lowest BCUT2D eigenvalue weighted by molar-refractivity contribution is 0.800. The van der Waals surface area contributed by atoms with Crippen molar-refractivity contribution in [2.75, 3.05) is 0 Å². The molecule has 0 unspecified atom stereocenters. The van der Waals surface area contributed by atoms with E-state index in [-0.39, 0.29) is 5.56 Å².